The molecule has 2 fully saturated rings. The van der Waals surface area contributed by atoms with E-state index in [2.05, 4.69) is 34.0 Å². The third-order valence-electron chi connectivity index (χ3n) is 4.05. The number of piperidine rings is 1. The third kappa shape index (κ3) is 2.97. The molecule has 0 unspecified atom stereocenters. The van der Waals surface area contributed by atoms with E-state index in [1.807, 2.05) is 0 Å². The number of nitrogens with zero attached hydrogens (tertiary/aromatic N) is 4. The molecule has 0 spiro atoms. The Hall–Kier alpha value is -0.560. The minimum Gasteiger partial charge on any atom is -0.375 e. The molecule has 2 aliphatic heterocycles. The molecule has 0 aliphatic carbocycles. The first kappa shape index (κ1) is 13.4. The van der Waals surface area contributed by atoms with Crippen LogP contribution in [0.5, 0.6) is 0 Å². The van der Waals surface area contributed by atoms with Crippen molar-refractivity contribution in [2.75, 3.05) is 33.3 Å². The molecule has 2 aliphatic rings. The monoisotopic (exact) mass is 282 g/mol. The number of hydrogen-bond acceptors (Lipinski definition) is 6. The van der Waals surface area contributed by atoms with Crippen molar-refractivity contribution < 1.29 is 4.74 Å². The fourth-order valence-corrected chi connectivity index (χ4v) is 3.78. The van der Waals surface area contributed by atoms with E-state index >= 15 is 0 Å². The molecule has 0 N–H and O–H groups in total. The van der Waals surface area contributed by atoms with Crippen LogP contribution in [0.1, 0.15) is 23.4 Å². The molecule has 0 amide bonds. The fraction of sp³-hybridized carbons (Fsp3) is 0.846. The number of rotatable bonds is 3. The summed E-state index contributed by atoms with van der Waals surface area (Å²) in [6, 6.07) is 0.515. The zero-order chi connectivity index (χ0) is 13.2. The van der Waals surface area contributed by atoms with Crippen LogP contribution in [0.15, 0.2) is 0 Å². The van der Waals surface area contributed by atoms with Crippen molar-refractivity contribution in [1.29, 1.82) is 0 Å². The van der Waals surface area contributed by atoms with Crippen molar-refractivity contribution in [3.63, 3.8) is 0 Å². The van der Waals surface area contributed by atoms with Gasteiger partial charge in [-0.1, -0.05) is 6.92 Å². The van der Waals surface area contributed by atoms with E-state index in [0.717, 1.165) is 55.6 Å². The molecule has 2 atom stereocenters. The largest absolute Gasteiger partial charge is 0.375 e. The second kappa shape index (κ2) is 5.83. The molecule has 0 bridgehead atoms. The Kier molecular flexibility index (Phi) is 4.12. The molecule has 0 aromatic carbocycles. The van der Waals surface area contributed by atoms with Gasteiger partial charge in [0.05, 0.1) is 19.3 Å². The maximum Gasteiger partial charge on any atom is 0.131 e. The van der Waals surface area contributed by atoms with E-state index in [4.69, 9.17) is 4.74 Å². The van der Waals surface area contributed by atoms with Gasteiger partial charge in [-0.2, -0.15) is 0 Å². The van der Waals surface area contributed by atoms with Gasteiger partial charge in [0.2, 0.25) is 0 Å². The lowest BCUT2D eigenvalue weighted by Gasteiger charge is -2.46. The second-order valence-corrected chi connectivity index (χ2v) is 6.59. The predicted molar refractivity (Wildman–Crippen MR) is 75.3 cm³/mol. The lowest BCUT2D eigenvalue weighted by Crippen LogP contribution is -2.58. The first-order chi connectivity index (χ1) is 9.26. The summed E-state index contributed by atoms with van der Waals surface area (Å²) >= 11 is 1.75. The Balaban J connectivity index is 1.68. The Morgan fingerprint density at radius 1 is 1.32 bits per heavy atom. The zero-order valence-electron chi connectivity index (χ0n) is 11.7. The van der Waals surface area contributed by atoms with E-state index in [1.54, 1.807) is 11.3 Å². The van der Waals surface area contributed by atoms with Gasteiger partial charge in [-0.15, -0.1) is 21.5 Å². The fourth-order valence-electron chi connectivity index (χ4n) is 2.97. The summed E-state index contributed by atoms with van der Waals surface area (Å²) in [6.45, 7) is 7.17. The lowest BCUT2D eigenvalue weighted by molar-refractivity contribution is -0.103. The normalized spacial score (nSPS) is 29.4. The molecule has 6 heteroatoms. The van der Waals surface area contributed by atoms with Gasteiger partial charge in [0, 0.05) is 25.7 Å². The van der Waals surface area contributed by atoms with Crippen LogP contribution in [0.2, 0.25) is 0 Å². The van der Waals surface area contributed by atoms with Gasteiger partial charge < -0.3 is 9.64 Å². The second-order valence-electron chi connectivity index (χ2n) is 5.44. The molecular weight excluding hydrogens is 260 g/mol. The molecule has 1 aromatic rings. The van der Waals surface area contributed by atoms with E-state index in [9.17, 15) is 0 Å². The van der Waals surface area contributed by atoms with Crippen LogP contribution in [0.3, 0.4) is 0 Å². The number of likely N-dealkylation sites (N-methyl/N-ethyl adjacent to an activating group) is 1. The number of likely N-dealkylation sites (tertiary alicyclic amines) is 1. The summed E-state index contributed by atoms with van der Waals surface area (Å²) < 4.78 is 5.92. The topological polar surface area (TPSA) is 41.5 Å². The van der Waals surface area contributed by atoms with Crippen LogP contribution in [-0.4, -0.2) is 65.4 Å². The predicted octanol–water partition coefficient (Wildman–Crippen LogP) is 1.01. The smallest absolute Gasteiger partial charge is 0.131 e. The maximum absolute atomic E-state index is 5.92. The van der Waals surface area contributed by atoms with Crippen LogP contribution >= 0.6 is 11.3 Å². The minimum atomic E-state index is 0.406. The van der Waals surface area contributed by atoms with Crippen LogP contribution < -0.4 is 0 Å². The number of morpholine rings is 1. The first-order valence-electron chi connectivity index (χ1n) is 7.11. The van der Waals surface area contributed by atoms with Gasteiger partial charge in [-0.05, 0) is 19.9 Å². The molecule has 0 saturated carbocycles. The molecular formula is C13H22N4OS. The summed E-state index contributed by atoms with van der Waals surface area (Å²) in [5.74, 6) is 0. The van der Waals surface area contributed by atoms with E-state index in [1.165, 1.54) is 0 Å². The average Bonchev–Trinajstić information content (AvgIpc) is 2.87. The molecule has 2 saturated heterocycles. The number of fused-ring (bicyclic) bond motifs is 1. The highest BCUT2D eigenvalue weighted by Gasteiger charge is 2.36. The van der Waals surface area contributed by atoms with Crippen molar-refractivity contribution >= 4 is 11.3 Å². The van der Waals surface area contributed by atoms with E-state index in [-0.39, 0.29) is 0 Å². The van der Waals surface area contributed by atoms with Gasteiger partial charge >= 0.3 is 0 Å². The molecule has 5 nitrogen and oxygen atoms in total. The van der Waals surface area contributed by atoms with Gasteiger partial charge in [-0.25, -0.2) is 0 Å². The third-order valence-corrected chi connectivity index (χ3v) is 5.10. The highest BCUT2D eigenvalue weighted by molar-refractivity contribution is 7.11. The Morgan fingerprint density at radius 2 is 2.16 bits per heavy atom. The van der Waals surface area contributed by atoms with Crippen molar-refractivity contribution in [2.45, 2.75) is 38.5 Å². The highest BCUT2D eigenvalue weighted by Crippen LogP contribution is 2.24. The minimum absolute atomic E-state index is 0.406. The lowest BCUT2D eigenvalue weighted by atomic mass is 9.99. The van der Waals surface area contributed by atoms with Gasteiger partial charge in [0.15, 0.2) is 0 Å². The van der Waals surface area contributed by atoms with Crippen LogP contribution in [0.25, 0.3) is 0 Å². The van der Waals surface area contributed by atoms with Crippen molar-refractivity contribution in [1.82, 2.24) is 20.0 Å². The van der Waals surface area contributed by atoms with Crippen LogP contribution in [0, 0.1) is 0 Å². The van der Waals surface area contributed by atoms with E-state index in [0.29, 0.717) is 12.1 Å². The molecule has 106 valence electrons. The number of ether oxygens (including phenoxy) is 1. The highest BCUT2D eigenvalue weighted by atomic mass is 32.1. The van der Waals surface area contributed by atoms with E-state index < -0.39 is 0 Å². The van der Waals surface area contributed by atoms with Crippen LogP contribution in [0.4, 0.5) is 0 Å². The van der Waals surface area contributed by atoms with Crippen molar-refractivity contribution in [3.8, 4) is 0 Å². The van der Waals surface area contributed by atoms with Gasteiger partial charge in [0.1, 0.15) is 10.0 Å². The molecule has 3 heterocycles. The zero-order valence-corrected chi connectivity index (χ0v) is 12.5. The number of hydrogen-bond donors (Lipinski definition) is 0. The van der Waals surface area contributed by atoms with Gasteiger partial charge in [-0.3, -0.25) is 4.90 Å². The molecule has 19 heavy (non-hydrogen) atoms. The average molecular weight is 282 g/mol. The SMILES string of the molecule is CCc1nnc(CN2CCO[C@H]3CCN(C)C[C@H]32)s1. The Morgan fingerprint density at radius 3 is 2.95 bits per heavy atom. The first-order valence-corrected chi connectivity index (χ1v) is 7.93. The summed E-state index contributed by atoms with van der Waals surface area (Å²) in [6.07, 6.45) is 2.53. The Bertz CT molecular complexity index is 425. The summed E-state index contributed by atoms with van der Waals surface area (Å²) in [5, 5.41) is 10.8. The summed E-state index contributed by atoms with van der Waals surface area (Å²) in [4.78, 5) is 4.93. The number of aromatic nitrogens is 2. The molecule has 3 rings (SSSR count). The van der Waals surface area contributed by atoms with Gasteiger partial charge in [0.25, 0.3) is 0 Å². The molecule has 1 aromatic heterocycles. The van der Waals surface area contributed by atoms with Crippen molar-refractivity contribution in [2.24, 2.45) is 0 Å². The standard InChI is InChI=1S/C13H22N4OS/c1-3-12-14-15-13(19-12)9-17-6-7-18-11-4-5-16(2)8-10(11)17/h10-11H,3-9H2,1-2H3/t10-,11+/m1/s1. The van der Waals surface area contributed by atoms with Crippen molar-refractivity contribution in [3.05, 3.63) is 10.0 Å². The summed E-state index contributed by atoms with van der Waals surface area (Å²) in [5.41, 5.74) is 0. The number of aryl methyl sites for hydroxylation is 1. The summed E-state index contributed by atoms with van der Waals surface area (Å²) in [7, 11) is 2.20. The quantitative estimate of drug-likeness (QED) is 0.827. The van der Waals surface area contributed by atoms with Crippen LogP contribution in [-0.2, 0) is 17.7 Å². The molecule has 0 radical (unpaired) electrons. The Labute approximate surface area is 118 Å². The maximum atomic E-state index is 5.92.